The number of hydrogen-bond donors (Lipinski definition) is 1. The third-order valence-electron chi connectivity index (χ3n) is 5.98. The number of aromatic nitrogens is 1. The molecule has 5 rings (SSSR count). The number of likely N-dealkylation sites (tertiary alicyclic amines) is 1. The summed E-state index contributed by atoms with van der Waals surface area (Å²) in [5.74, 6) is 0.849. The number of benzene rings is 1. The molecule has 0 spiro atoms. The Kier molecular flexibility index (Phi) is 4.36. The number of aliphatic hydroxyl groups is 1. The second-order valence-corrected chi connectivity index (χ2v) is 7.92. The first-order valence-corrected chi connectivity index (χ1v) is 9.91. The second-order valence-electron chi connectivity index (χ2n) is 7.92. The Morgan fingerprint density at radius 2 is 1.86 bits per heavy atom. The third-order valence-corrected chi connectivity index (χ3v) is 5.98. The van der Waals surface area contributed by atoms with E-state index in [9.17, 15) is 14.7 Å². The Bertz CT molecular complexity index is 1120. The molecule has 0 saturated carbocycles. The number of nitrogens with zero attached hydrogens (tertiary/aromatic N) is 2. The third kappa shape index (κ3) is 3.19. The normalized spacial score (nSPS) is 20.4. The summed E-state index contributed by atoms with van der Waals surface area (Å²) in [6, 6.07) is 16.9. The molecule has 2 bridgehead atoms. The number of aliphatic hydroxyl groups excluding tert-OH is 1. The smallest absolute Gasteiger partial charge is 0.289 e. The molecule has 4 heterocycles. The maximum Gasteiger partial charge on any atom is 0.289 e. The van der Waals surface area contributed by atoms with Gasteiger partial charge in [0.2, 0.25) is 0 Å². The van der Waals surface area contributed by atoms with Crippen LogP contribution in [0, 0.1) is 5.92 Å². The highest BCUT2D eigenvalue weighted by atomic mass is 16.4. The molecule has 2 aliphatic heterocycles. The van der Waals surface area contributed by atoms with Gasteiger partial charge < -0.3 is 19.0 Å². The van der Waals surface area contributed by atoms with Crippen molar-refractivity contribution in [1.29, 1.82) is 0 Å². The summed E-state index contributed by atoms with van der Waals surface area (Å²) in [4.78, 5) is 27.5. The van der Waals surface area contributed by atoms with Crippen molar-refractivity contribution in [3.8, 4) is 11.1 Å². The van der Waals surface area contributed by atoms with E-state index in [0.29, 0.717) is 25.4 Å². The van der Waals surface area contributed by atoms with Gasteiger partial charge in [-0.15, -0.1) is 0 Å². The predicted octanol–water partition coefficient (Wildman–Crippen LogP) is 2.86. The number of carbonyl (C=O) groups excluding carboxylic acids is 1. The molecule has 6 heteroatoms. The van der Waals surface area contributed by atoms with E-state index in [1.165, 1.54) is 0 Å². The first-order valence-electron chi connectivity index (χ1n) is 9.91. The zero-order valence-corrected chi connectivity index (χ0v) is 16.0. The van der Waals surface area contributed by atoms with Gasteiger partial charge in [-0.3, -0.25) is 9.59 Å². The fraction of sp³-hybridized carbons (Fsp3) is 0.304. The van der Waals surface area contributed by atoms with Crippen LogP contribution in [0.5, 0.6) is 0 Å². The monoisotopic (exact) mass is 390 g/mol. The average molecular weight is 390 g/mol. The molecule has 2 aromatic heterocycles. The van der Waals surface area contributed by atoms with E-state index in [4.69, 9.17) is 4.42 Å². The van der Waals surface area contributed by atoms with Crippen molar-refractivity contribution in [2.24, 2.45) is 5.92 Å². The van der Waals surface area contributed by atoms with Crippen LogP contribution in [0.15, 0.2) is 63.8 Å². The Morgan fingerprint density at radius 1 is 1.03 bits per heavy atom. The summed E-state index contributed by atoms with van der Waals surface area (Å²) in [6.45, 7) is 1.57. The minimum absolute atomic E-state index is 0.0226. The van der Waals surface area contributed by atoms with Gasteiger partial charge in [-0.25, -0.2) is 0 Å². The van der Waals surface area contributed by atoms with Gasteiger partial charge in [0.25, 0.3) is 11.5 Å². The zero-order valence-electron chi connectivity index (χ0n) is 16.0. The van der Waals surface area contributed by atoms with Gasteiger partial charge in [0.1, 0.15) is 12.4 Å². The van der Waals surface area contributed by atoms with E-state index < -0.39 is 0 Å². The van der Waals surface area contributed by atoms with E-state index in [1.54, 1.807) is 18.2 Å². The molecule has 1 N–H and O–H groups in total. The van der Waals surface area contributed by atoms with Crippen LogP contribution >= 0.6 is 0 Å². The fourth-order valence-corrected chi connectivity index (χ4v) is 4.66. The van der Waals surface area contributed by atoms with Gasteiger partial charge in [-0.1, -0.05) is 30.3 Å². The molecular formula is C23H22N2O4. The number of piperidine rings is 1. The summed E-state index contributed by atoms with van der Waals surface area (Å²) in [5.41, 5.74) is 2.96. The van der Waals surface area contributed by atoms with Crippen molar-refractivity contribution in [2.45, 2.75) is 25.5 Å². The number of furan rings is 1. The summed E-state index contributed by atoms with van der Waals surface area (Å²) in [7, 11) is 0. The lowest BCUT2D eigenvalue weighted by Gasteiger charge is -2.42. The zero-order chi connectivity index (χ0) is 20.0. The van der Waals surface area contributed by atoms with Crippen LogP contribution in [0.2, 0.25) is 0 Å². The lowest BCUT2D eigenvalue weighted by atomic mass is 9.82. The largest absolute Gasteiger partial charge is 0.453 e. The quantitative estimate of drug-likeness (QED) is 0.746. The van der Waals surface area contributed by atoms with Crippen molar-refractivity contribution in [2.75, 3.05) is 13.1 Å². The average Bonchev–Trinajstić information content (AvgIpc) is 3.23. The fourth-order valence-electron chi connectivity index (χ4n) is 4.66. The van der Waals surface area contributed by atoms with Gasteiger partial charge in [-0.2, -0.15) is 0 Å². The van der Waals surface area contributed by atoms with Crippen LogP contribution in [0.4, 0.5) is 0 Å². The number of rotatable bonds is 3. The van der Waals surface area contributed by atoms with Gasteiger partial charge in [0.05, 0.1) is 0 Å². The number of pyridine rings is 1. The van der Waals surface area contributed by atoms with Crippen LogP contribution in [-0.4, -0.2) is 33.6 Å². The molecule has 1 fully saturated rings. The van der Waals surface area contributed by atoms with Crippen LogP contribution in [0.3, 0.4) is 0 Å². The molecule has 148 valence electrons. The molecule has 0 unspecified atom stereocenters. The van der Waals surface area contributed by atoms with Crippen LogP contribution < -0.4 is 5.56 Å². The van der Waals surface area contributed by atoms with Crippen molar-refractivity contribution < 1.29 is 14.3 Å². The number of fused-ring (bicyclic) bond motifs is 4. The Balaban J connectivity index is 1.47. The summed E-state index contributed by atoms with van der Waals surface area (Å²) >= 11 is 0. The highest BCUT2D eigenvalue weighted by molar-refractivity contribution is 5.91. The summed E-state index contributed by atoms with van der Waals surface area (Å²) < 4.78 is 7.32. The number of hydrogen-bond acceptors (Lipinski definition) is 4. The first-order chi connectivity index (χ1) is 14.1. The minimum Gasteiger partial charge on any atom is -0.453 e. The minimum atomic E-state index is -0.225. The number of carbonyl (C=O) groups is 1. The molecule has 2 aliphatic rings. The van der Waals surface area contributed by atoms with Crippen molar-refractivity contribution in [1.82, 2.24) is 9.47 Å². The highest BCUT2D eigenvalue weighted by Crippen LogP contribution is 2.37. The lowest BCUT2D eigenvalue weighted by molar-refractivity contribution is 0.0560. The van der Waals surface area contributed by atoms with E-state index in [-0.39, 0.29) is 35.7 Å². The van der Waals surface area contributed by atoms with Crippen molar-refractivity contribution >= 4 is 5.91 Å². The Labute approximate surface area is 168 Å². The summed E-state index contributed by atoms with van der Waals surface area (Å²) in [5, 5.41) is 9.18. The molecule has 1 amide bonds. The predicted molar refractivity (Wildman–Crippen MR) is 108 cm³/mol. The van der Waals surface area contributed by atoms with Gasteiger partial charge in [0.15, 0.2) is 5.76 Å². The molecule has 6 nitrogen and oxygen atoms in total. The van der Waals surface area contributed by atoms with Crippen molar-refractivity contribution in [3.05, 3.63) is 82.2 Å². The van der Waals surface area contributed by atoms with Gasteiger partial charge >= 0.3 is 0 Å². The van der Waals surface area contributed by atoms with Crippen LogP contribution in [0.1, 0.15) is 34.3 Å². The van der Waals surface area contributed by atoms with E-state index in [2.05, 4.69) is 6.07 Å². The van der Waals surface area contributed by atoms with Gasteiger partial charge in [0, 0.05) is 37.3 Å². The molecular weight excluding hydrogens is 368 g/mol. The Morgan fingerprint density at radius 3 is 2.62 bits per heavy atom. The maximum absolute atomic E-state index is 12.9. The molecule has 3 aromatic rings. The van der Waals surface area contributed by atoms with Crippen molar-refractivity contribution in [3.63, 3.8) is 0 Å². The number of amides is 1. The lowest BCUT2D eigenvalue weighted by Crippen LogP contribution is -2.49. The van der Waals surface area contributed by atoms with E-state index in [0.717, 1.165) is 23.2 Å². The van der Waals surface area contributed by atoms with E-state index >= 15 is 0 Å². The standard InChI is InChI=1S/C23H22N2O4/c26-14-19-6-7-21(29-19)23(28)24-11-15-8-18(13-24)20-9-17(10-22(27)25(20)12-15)16-4-2-1-3-5-16/h1-7,9-10,15,18,26H,8,11-14H2/t15-,18+/m0/s1. The maximum atomic E-state index is 12.9. The highest BCUT2D eigenvalue weighted by Gasteiger charge is 2.37. The second kappa shape index (κ2) is 7.04. The molecule has 29 heavy (non-hydrogen) atoms. The SMILES string of the molecule is O=C(c1ccc(CO)o1)N1C[C@@H]2C[C@H](C1)c1cc(-c3ccccc3)cc(=O)n1C2. The molecule has 0 radical (unpaired) electrons. The first kappa shape index (κ1) is 17.9. The molecule has 0 aliphatic carbocycles. The van der Waals surface area contributed by atoms with Gasteiger partial charge in [-0.05, 0) is 41.7 Å². The molecule has 2 atom stereocenters. The van der Waals surface area contributed by atoms with Crippen LogP contribution in [-0.2, 0) is 13.2 Å². The molecule has 1 aromatic carbocycles. The van der Waals surface area contributed by atoms with E-state index in [1.807, 2.05) is 39.8 Å². The summed E-state index contributed by atoms with van der Waals surface area (Å²) in [6.07, 6.45) is 0.974. The molecule has 1 saturated heterocycles. The Hall–Kier alpha value is -3.12. The topological polar surface area (TPSA) is 75.7 Å². The van der Waals surface area contributed by atoms with Crippen LogP contribution in [0.25, 0.3) is 11.1 Å².